The standard InChI is InChI=1S/C14H13ClN6O2S2/c1-21-12(9-5-8(15)3-4-10(9)23-2)18-20-14(21)24-6-11(22)17-13-19-16-7-25-13/h3-5,7H,6H2,1-2H3,(H,17,19,22). The molecule has 0 saturated heterocycles. The quantitative estimate of drug-likeness (QED) is 0.640. The summed E-state index contributed by atoms with van der Waals surface area (Å²) in [5.74, 6) is 1.24. The molecule has 0 radical (unpaired) electrons. The molecule has 0 aliphatic rings. The third-order valence-electron chi connectivity index (χ3n) is 3.18. The van der Waals surface area contributed by atoms with Gasteiger partial charge in [0.15, 0.2) is 11.0 Å². The zero-order chi connectivity index (χ0) is 17.8. The van der Waals surface area contributed by atoms with Gasteiger partial charge in [0.25, 0.3) is 0 Å². The Balaban J connectivity index is 1.73. The summed E-state index contributed by atoms with van der Waals surface area (Å²) in [6.07, 6.45) is 0. The van der Waals surface area contributed by atoms with Gasteiger partial charge in [0.05, 0.1) is 18.4 Å². The van der Waals surface area contributed by atoms with Crippen LogP contribution in [0.2, 0.25) is 5.02 Å². The number of carbonyl (C=O) groups excluding carboxylic acids is 1. The highest BCUT2D eigenvalue weighted by Gasteiger charge is 2.17. The Kier molecular flexibility index (Phi) is 5.51. The van der Waals surface area contributed by atoms with Crippen molar-refractivity contribution in [2.75, 3.05) is 18.2 Å². The van der Waals surface area contributed by atoms with Crippen molar-refractivity contribution in [1.29, 1.82) is 0 Å². The monoisotopic (exact) mass is 396 g/mol. The number of ether oxygens (including phenoxy) is 1. The number of hydrogen-bond donors (Lipinski definition) is 1. The fourth-order valence-corrected chi connectivity index (χ4v) is 3.39. The summed E-state index contributed by atoms with van der Waals surface area (Å²) in [5, 5.41) is 20.1. The maximum absolute atomic E-state index is 11.9. The number of benzene rings is 1. The molecule has 1 amide bonds. The third kappa shape index (κ3) is 4.09. The fraction of sp³-hybridized carbons (Fsp3) is 0.214. The van der Waals surface area contributed by atoms with Gasteiger partial charge in [-0.1, -0.05) is 34.7 Å². The van der Waals surface area contributed by atoms with E-state index in [0.717, 1.165) is 5.56 Å². The van der Waals surface area contributed by atoms with E-state index in [-0.39, 0.29) is 11.7 Å². The lowest BCUT2D eigenvalue weighted by Gasteiger charge is -2.09. The van der Waals surface area contributed by atoms with Gasteiger partial charge in [-0.3, -0.25) is 10.1 Å². The predicted octanol–water partition coefficient (Wildman–Crippen LogP) is 2.73. The van der Waals surface area contributed by atoms with Crippen LogP contribution in [-0.4, -0.2) is 43.7 Å². The van der Waals surface area contributed by atoms with Gasteiger partial charge in [-0.25, -0.2) is 0 Å². The molecule has 0 spiro atoms. The molecule has 0 atom stereocenters. The van der Waals surface area contributed by atoms with Crippen molar-refractivity contribution in [2.24, 2.45) is 7.05 Å². The summed E-state index contributed by atoms with van der Waals surface area (Å²) in [6, 6.07) is 5.28. The van der Waals surface area contributed by atoms with Gasteiger partial charge < -0.3 is 9.30 Å². The molecule has 1 aromatic carbocycles. The van der Waals surface area contributed by atoms with E-state index < -0.39 is 0 Å². The van der Waals surface area contributed by atoms with E-state index in [9.17, 15) is 4.79 Å². The summed E-state index contributed by atoms with van der Waals surface area (Å²) in [7, 11) is 3.40. The van der Waals surface area contributed by atoms with Crippen LogP contribution in [0.1, 0.15) is 0 Å². The number of carbonyl (C=O) groups is 1. The summed E-state index contributed by atoms with van der Waals surface area (Å²) < 4.78 is 7.14. The van der Waals surface area contributed by atoms with E-state index in [0.29, 0.717) is 26.9 Å². The maximum Gasteiger partial charge on any atom is 0.236 e. The number of nitrogens with zero attached hydrogens (tertiary/aromatic N) is 5. The van der Waals surface area contributed by atoms with Crippen molar-refractivity contribution in [3.63, 3.8) is 0 Å². The lowest BCUT2D eigenvalue weighted by molar-refractivity contribution is -0.113. The highest BCUT2D eigenvalue weighted by Crippen LogP contribution is 2.32. The highest BCUT2D eigenvalue weighted by atomic mass is 35.5. The van der Waals surface area contributed by atoms with Crippen molar-refractivity contribution in [3.8, 4) is 17.1 Å². The van der Waals surface area contributed by atoms with Crippen LogP contribution in [-0.2, 0) is 11.8 Å². The summed E-state index contributed by atoms with van der Waals surface area (Å²) >= 11 is 8.60. The van der Waals surface area contributed by atoms with Gasteiger partial charge in [0.1, 0.15) is 11.3 Å². The average molecular weight is 397 g/mol. The predicted molar refractivity (Wildman–Crippen MR) is 97.3 cm³/mol. The molecule has 0 fully saturated rings. The summed E-state index contributed by atoms with van der Waals surface area (Å²) in [4.78, 5) is 11.9. The first kappa shape index (κ1) is 17.6. The molecule has 8 nitrogen and oxygen atoms in total. The largest absolute Gasteiger partial charge is 0.496 e. The van der Waals surface area contributed by atoms with Crippen LogP contribution < -0.4 is 10.1 Å². The summed E-state index contributed by atoms with van der Waals surface area (Å²) in [5.41, 5.74) is 2.28. The van der Waals surface area contributed by atoms with Crippen LogP contribution >= 0.6 is 34.7 Å². The Morgan fingerprint density at radius 1 is 1.40 bits per heavy atom. The van der Waals surface area contributed by atoms with Crippen LogP contribution in [0.4, 0.5) is 5.13 Å². The molecule has 0 saturated carbocycles. The van der Waals surface area contributed by atoms with E-state index in [1.54, 1.807) is 35.4 Å². The number of rotatable bonds is 6. The Hall–Kier alpha value is -2.17. The van der Waals surface area contributed by atoms with Crippen molar-refractivity contribution in [2.45, 2.75) is 5.16 Å². The minimum atomic E-state index is -0.188. The van der Waals surface area contributed by atoms with Crippen LogP contribution in [0.25, 0.3) is 11.4 Å². The molecule has 1 N–H and O–H groups in total. The molecule has 11 heteroatoms. The molecule has 2 aromatic heterocycles. The van der Waals surface area contributed by atoms with Crippen LogP contribution in [0.15, 0.2) is 28.9 Å². The van der Waals surface area contributed by atoms with E-state index in [1.165, 1.54) is 23.1 Å². The smallest absolute Gasteiger partial charge is 0.236 e. The molecule has 2 heterocycles. The van der Waals surface area contributed by atoms with Gasteiger partial charge >= 0.3 is 0 Å². The topological polar surface area (TPSA) is 94.8 Å². The van der Waals surface area contributed by atoms with Crippen molar-refractivity contribution >= 4 is 45.7 Å². The first-order valence-electron chi connectivity index (χ1n) is 7.00. The Bertz CT molecular complexity index is 884. The average Bonchev–Trinajstić information content (AvgIpc) is 3.23. The number of halogens is 1. The van der Waals surface area contributed by atoms with Crippen molar-refractivity contribution in [1.82, 2.24) is 25.0 Å². The normalized spacial score (nSPS) is 10.7. The van der Waals surface area contributed by atoms with Gasteiger partial charge in [-0.05, 0) is 18.2 Å². The van der Waals surface area contributed by atoms with Crippen molar-refractivity contribution in [3.05, 3.63) is 28.7 Å². The zero-order valence-electron chi connectivity index (χ0n) is 13.3. The van der Waals surface area contributed by atoms with E-state index in [2.05, 4.69) is 25.7 Å². The minimum absolute atomic E-state index is 0.179. The van der Waals surface area contributed by atoms with Crippen LogP contribution in [0.3, 0.4) is 0 Å². The number of hydrogen-bond acceptors (Lipinski definition) is 8. The van der Waals surface area contributed by atoms with Crippen molar-refractivity contribution < 1.29 is 9.53 Å². The number of thioether (sulfide) groups is 1. The Morgan fingerprint density at radius 3 is 2.96 bits per heavy atom. The maximum atomic E-state index is 11.9. The van der Waals surface area contributed by atoms with E-state index in [4.69, 9.17) is 16.3 Å². The summed E-state index contributed by atoms with van der Waals surface area (Å²) in [6.45, 7) is 0. The van der Waals surface area contributed by atoms with Gasteiger partial charge in [0, 0.05) is 12.1 Å². The first-order chi connectivity index (χ1) is 12.1. The molecule has 0 aliphatic carbocycles. The number of amides is 1. The third-order valence-corrected chi connectivity index (χ3v) is 5.04. The second kappa shape index (κ2) is 7.81. The van der Waals surface area contributed by atoms with Crippen LogP contribution in [0, 0.1) is 0 Å². The van der Waals surface area contributed by atoms with E-state index in [1.807, 2.05) is 7.05 Å². The molecular formula is C14H13ClN6O2S2. The zero-order valence-corrected chi connectivity index (χ0v) is 15.7. The molecule has 0 unspecified atom stereocenters. The molecular weight excluding hydrogens is 384 g/mol. The Labute approximate surface area is 156 Å². The van der Waals surface area contributed by atoms with E-state index >= 15 is 0 Å². The van der Waals surface area contributed by atoms with Gasteiger partial charge in [0.2, 0.25) is 11.0 Å². The minimum Gasteiger partial charge on any atom is -0.496 e. The highest BCUT2D eigenvalue weighted by molar-refractivity contribution is 7.99. The first-order valence-corrected chi connectivity index (χ1v) is 9.25. The Morgan fingerprint density at radius 2 is 2.24 bits per heavy atom. The number of aromatic nitrogens is 5. The molecule has 0 bridgehead atoms. The number of anilines is 1. The molecule has 0 aliphatic heterocycles. The lowest BCUT2D eigenvalue weighted by atomic mass is 10.2. The van der Waals surface area contributed by atoms with Gasteiger partial charge in [-0.2, -0.15) is 0 Å². The molecule has 130 valence electrons. The second-order valence-electron chi connectivity index (χ2n) is 4.79. The fourth-order valence-electron chi connectivity index (χ4n) is 2.04. The SMILES string of the molecule is COc1ccc(Cl)cc1-c1nnc(SCC(=O)Nc2nncs2)n1C. The lowest BCUT2D eigenvalue weighted by Crippen LogP contribution is -2.14. The number of methoxy groups -OCH3 is 1. The second-order valence-corrected chi connectivity index (χ2v) is 7.00. The molecule has 25 heavy (non-hydrogen) atoms. The molecule has 3 aromatic rings. The molecule has 3 rings (SSSR count). The number of nitrogens with one attached hydrogen (secondary N) is 1. The van der Waals surface area contributed by atoms with Crippen LogP contribution in [0.5, 0.6) is 5.75 Å². The van der Waals surface area contributed by atoms with Gasteiger partial charge in [-0.15, -0.1) is 20.4 Å².